The minimum atomic E-state index is 0.547. The van der Waals surface area contributed by atoms with Gasteiger partial charge in [0.2, 0.25) is 0 Å². The quantitative estimate of drug-likeness (QED) is 0.637. The lowest BCUT2D eigenvalue weighted by atomic mass is 9.82. The van der Waals surface area contributed by atoms with Gasteiger partial charge in [0.15, 0.2) is 5.96 Å². The minimum Gasteiger partial charge on any atom is -0.357 e. The van der Waals surface area contributed by atoms with E-state index in [2.05, 4.69) is 60.7 Å². The second-order valence-corrected chi connectivity index (χ2v) is 7.53. The lowest BCUT2D eigenvalue weighted by Crippen LogP contribution is -2.56. The Morgan fingerprint density at radius 3 is 2.44 bits per heavy atom. The van der Waals surface area contributed by atoms with Gasteiger partial charge < -0.3 is 15.5 Å². The highest BCUT2D eigenvalue weighted by atomic mass is 15.2. The van der Waals surface area contributed by atoms with Gasteiger partial charge in [-0.05, 0) is 57.2 Å². The maximum atomic E-state index is 4.88. The second kappa shape index (κ2) is 8.70. The SMILES string of the molecule is CCNC(=NCc1ccccc1CC)NC1CC2CCCC(C1)N2C. The van der Waals surface area contributed by atoms with E-state index in [9.17, 15) is 0 Å². The molecule has 2 aliphatic heterocycles. The van der Waals surface area contributed by atoms with Crippen molar-refractivity contribution >= 4 is 5.96 Å². The van der Waals surface area contributed by atoms with Crippen molar-refractivity contribution in [1.82, 2.24) is 15.5 Å². The van der Waals surface area contributed by atoms with Crippen LogP contribution in [0.25, 0.3) is 0 Å². The van der Waals surface area contributed by atoms with E-state index in [4.69, 9.17) is 4.99 Å². The Kier molecular flexibility index (Phi) is 6.35. The summed E-state index contributed by atoms with van der Waals surface area (Å²) in [5, 5.41) is 7.17. The molecule has 25 heavy (non-hydrogen) atoms. The number of nitrogens with one attached hydrogen (secondary N) is 2. The number of hydrogen-bond donors (Lipinski definition) is 2. The fourth-order valence-electron chi connectivity index (χ4n) is 4.47. The molecule has 3 rings (SSSR count). The molecule has 2 bridgehead atoms. The van der Waals surface area contributed by atoms with Crippen molar-refractivity contribution in [2.45, 2.75) is 77.0 Å². The predicted octanol–water partition coefficient (Wildman–Crippen LogP) is 3.32. The second-order valence-electron chi connectivity index (χ2n) is 7.53. The van der Waals surface area contributed by atoms with Crippen LogP contribution in [0.2, 0.25) is 0 Å². The van der Waals surface area contributed by atoms with E-state index in [1.165, 1.54) is 43.2 Å². The third-order valence-electron chi connectivity index (χ3n) is 5.93. The monoisotopic (exact) mass is 342 g/mol. The smallest absolute Gasteiger partial charge is 0.191 e. The molecule has 4 heteroatoms. The molecule has 2 aliphatic rings. The zero-order valence-electron chi connectivity index (χ0n) is 16.1. The first-order valence-corrected chi connectivity index (χ1v) is 10.0. The Bertz CT molecular complexity index is 569. The Labute approximate surface area is 153 Å². The predicted molar refractivity (Wildman–Crippen MR) is 106 cm³/mol. The molecular weight excluding hydrogens is 308 g/mol. The van der Waals surface area contributed by atoms with Crippen LogP contribution >= 0.6 is 0 Å². The van der Waals surface area contributed by atoms with Gasteiger partial charge in [-0.1, -0.05) is 37.6 Å². The number of aliphatic imine (C=N–C) groups is 1. The van der Waals surface area contributed by atoms with Crippen LogP contribution in [-0.4, -0.2) is 42.6 Å². The van der Waals surface area contributed by atoms with Crippen LogP contribution in [0.4, 0.5) is 0 Å². The minimum absolute atomic E-state index is 0.547. The largest absolute Gasteiger partial charge is 0.357 e. The van der Waals surface area contributed by atoms with Crippen molar-refractivity contribution in [3.63, 3.8) is 0 Å². The molecule has 0 spiro atoms. The average molecular weight is 343 g/mol. The summed E-state index contributed by atoms with van der Waals surface area (Å²) in [6.45, 7) is 6.00. The van der Waals surface area contributed by atoms with Gasteiger partial charge in [-0.15, -0.1) is 0 Å². The molecule has 1 aromatic carbocycles. The summed E-state index contributed by atoms with van der Waals surface area (Å²) in [7, 11) is 2.31. The molecule has 0 saturated carbocycles. The molecule has 2 saturated heterocycles. The number of nitrogens with zero attached hydrogens (tertiary/aromatic N) is 2. The van der Waals surface area contributed by atoms with Crippen LogP contribution in [0.15, 0.2) is 29.3 Å². The molecule has 138 valence electrons. The van der Waals surface area contributed by atoms with Crippen LogP contribution in [0.3, 0.4) is 0 Å². The fourth-order valence-corrected chi connectivity index (χ4v) is 4.47. The number of piperidine rings is 2. The molecular formula is C21H34N4. The molecule has 2 heterocycles. The van der Waals surface area contributed by atoms with Crippen molar-refractivity contribution in [3.05, 3.63) is 35.4 Å². The molecule has 2 N–H and O–H groups in total. The summed E-state index contributed by atoms with van der Waals surface area (Å²) in [5.74, 6) is 0.973. The van der Waals surface area contributed by atoms with Crippen molar-refractivity contribution in [3.8, 4) is 0 Å². The number of guanidine groups is 1. The van der Waals surface area contributed by atoms with E-state index in [1.807, 2.05) is 0 Å². The Hall–Kier alpha value is -1.55. The molecule has 2 unspecified atom stereocenters. The van der Waals surface area contributed by atoms with Gasteiger partial charge in [0, 0.05) is 24.7 Å². The van der Waals surface area contributed by atoms with Crippen molar-refractivity contribution in [2.24, 2.45) is 4.99 Å². The number of benzene rings is 1. The Morgan fingerprint density at radius 1 is 1.12 bits per heavy atom. The molecule has 2 fully saturated rings. The third-order valence-corrected chi connectivity index (χ3v) is 5.93. The van der Waals surface area contributed by atoms with Crippen molar-refractivity contribution in [1.29, 1.82) is 0 Å². The first-order valence-electron chi connectivity index (χ1n) is 10.0. The average Bonchev–Trinajstić information content (AvgIpc) is 2.61. The molecule has 0 aliphatic carbocycles. The number of fused-ring (bicyclic) bond motifs is 2. The van der Waals surface area contributed by atoms with E-state index in [1.54, 1.807) is 0 Å². The summed E-state index contributed by atoms with van der Waals surface area (Å²) in [5.41, 5.74) is 2.73. The Morgan fingerprint density at radius 2 is 1.80 bits per heavy atom. The number of aryl methyl sites for hydroxylation is 1. The highest BCUT2D eigenvalue weighted by Crippen LogP contribution is 2.32. The van der Waals surface area contributed by atoms with E-state index in [0.717, 1.165) is 37.6 Å². The highest BCUT2D eigenvalue weighted by Gasteiger charge is 2.36. The van der Waals surface area contributed by atoms with Crippen LogP contribution in [0, 0.1) is 0 Å². The fraction of sp³-hybridized carbons (Fsp3) is 0.667. The van der Waals surface area contributed by atoms with E-state index in [0.29, 0.717) is 6.04 Å². The molecule has 1 aromatic rings. The first kappa shape index (κ1) is 18.2. The van der Waals surface area contributed by atoms with Gasteiger partial charge in [0.1, 0.15) is 0 Å². The van der Waals surface area contributed by atoms with Gasteiger partial charge in [0.05, 0.1) is 6.54 Å². The maximum Gasteiger partial charge on any atom is 0.191 e. The summed E-state index contributed by atoms with van der Waals surface area (Å²) in [4.78, 5) is 7.49. The summed E-state index contributed by atoms with van der Waals surface area (Å²) in [6, 6.07) is 10.7. The summed E-state index contributed by atoms with van der Waals surface area (Å²) in [6.07, 6.45) is 7.64. The Balaban J connectivity index is 1.65. The molecule has 4 nitrogen and oxygen atoms in total. The van der Waals surface area contributed by atoms with Gasteiger partial charge in [-0.25, -0.2) is 4.99 Å². The lowest BCUT2D eigenvalue weighted by Gasteiger charge is -2.47. The maximum absolute atomic E-state index is 4.88. The molecule has 0 radical (unpaired) electrons. The molecule has 2 atom stereocenters. The standard InChI is InChI=1S/C21H34N4/c1-4-16-9-6-7-10-17(16)15-23-21(22-5-2)24-18-13-19-11-8-12-20(14-18)25(19)3/h6-7,9-10,18-20H,4-5,8,11-15H2,1-3H3,(H2,22,23,24). The molecule has 0 amide bonds. The number of hydrogen-bond acceptors (Lipinski definition) is 2. The normalized spacial score (nSPS) is 27.2. The van der Waals surface area contributed by atoms with Crippen molar-refractivity contribution in [2.75, 3.05) is 13.6 Å². The van der Waals surface area contributed by atoms with E-state index in [-0.39, 0.29) is 0 Å². The molecule has 0 aromatic heterocycles. The van der Waals surface area contributed by atoms with Crippen LogP contribution in [0.5, 0.6) is 0 Å². The van der Waals surface area contributed by atoms with E-state index < -0.39 is 0 Å². The summed E-state index contributed by atoms with van der Waals surface area (Å²) >= 11 is 0. The topological polar surface area (TPSA) is 39.7 Å². The van der Waals surface area contributed by atoms with Gasteiger partial charge in [-0.3, -0.25) is 0 Å². The van der Waals surface area contributed by atoms with Crippen LogP contribution < -0.4 is 10.6 Å². The first-order chi connectivity index (χ1) is 12.2. The number of rotatable bonds is 5. The third kappa shape index (κ3) is 4.55. The van der Waals surface area contributed by atoms with E-state index >= 15 is 0 Å². The van der Waals surface area contributed by atoms with Gasteiger partial charge in [0.25, 0.3) is 0 Å². The lowest BCUT2D eigenvalue weighted by molar-refractivity contribution is 0.0526. The van der Waals surface area contributed by atoms with Crippen LogP contribution in [0.1, 0.15) is 57.1 Å². The van der Waals surface area contributed by atoms with Gasteiger partial charge >= 0.3 is 0 Å². The highest BCUT2D eigenvalue weighted by molar-refractivity contribution is 5.80. The van der Waals surface area contributed by atoms with Gasteiger partial charge in [-0.2, -0.15) is 0 Å². The van der Waals surface area contributed by atoms with Crippen LogP contribution in [-0.2, 0) is 13.0 Å². The zero-order chi connectivity index (χ0) is 17.6. The zero-order valence-corrected chi connectivity index (χ0v) is 16.1. The van der Waals surface area contributed by atoms with Crippen molar-refractivity contribution < 1.29 is 0 Å². The summed E-state index contributed by atoms with van der Waals surface area (Å²) < 4.78 is 0.